The number of ether oxygens (including phenoxy) is 1. The van der Waals surface area contributed by atoms with Crippen LogP contribution in [0.2, 0.25) is 0 Å². The largest absolute Gasteiger partial charge is 0.497 e. The van der Waals surface area contributed by atoms with E-state index in [1.165, 1.54) is 0 Å². The van der Waals surface area contributed by atoms with Crippen LogP contribution in [0.15, 0.2) is 54.6 Å². The Labute approximate surface area is 133 Å². The zero-order valence-corrected chi connectivity index (χ0v) is 12.5. The van der Waals surface area contributed by atoms with Crippen LogP contribution in [-0.2, 0) is 9.59 Å². The first-order valence-electron chi connectivity index (χ1n) is 7.16. The number of carbonyl (C=O) groups is 2. The second-order valence-corrected chi connectivity index (χ2v) is 5.17. The molecule has 3 rings (SSSR count). The van der Waals surface area contributed by atoms with E-state index in [0.717, 1.165) is 9.96 Å². The van der Waals surface area contributed by atoms with E-state index in [-0.39, 0.29) is 12.3 Å². The summed E-state index contributed by atoms with van der Waals surface area (Å²) in [5, 5.41) is 11.1. The Morgan fingerprint density at radius 1 is 1.09 bits per heavy atom. The van der Waals surface area contributed by atoms with Crippen LogP contribution in [0.5, 0.6) is 5.75 Å². The topological polar surface area (TPSA) is 70.1 Å². The molecule has 0 aliphatic carbocycles. The van der Waals surface area contributed by atoms with Gasteiger partial charge in [-0.15, -0.1) is 0 Å². The number of hydrogen-bond acceptors (Lipinski definition) is 5. The van der Waals surface area contributed by atoms with Crippen molar-refractivity contribution in [1.82, 2.24) is 0 Å². The maximum atomic E-state index is 12.6. The molecule has 6 nitrogen and oxygen atoms in total. The highest BCUT2D eigenvalue weighted by atomic mass is 16.5. The minimum Gasteiger partial charge on any atom is -0.497 e. The number of hydroxylamine groups is 1. The van der Waals surface area contributed by atoms with Crippen molar-refractivity contribution in [2.45, 2.75) is 12.5 Å². The number of nitrogens with zero attached hydrogens (tertiary/aromatic N) is 2. The average molecular weight is 312 g/mol. The van der Waals surface area contributed by atoms with Gasteiger partial charge in [-0.3, -0.25) is 14.8 Å². The molecule has 1 unspecified atom stereocenters. The van der Waals surface area contributed by atoms with Crippen LogP contribution in [0, 0.1) is 0 Å². The highest BCUT2D eigenvalue weighted by Crippen LogP contribution is 2.28. The molecule has 118 valence electrons. The summed E-state index contributed by atoms with van der Waals surface area (Å²) < 4.78 is 5.07. The van der Waals surface area contributed by atoms with Gasteiger partial charge in [0.15, 0.2) is 0 Å². The first kappa shape index (κ1) is 15.1. The van der Waals surface area contributed by atoms with Crippen LogP contribution in [-0.4, -0.2) is 30.2 Å². The van der Waals surface area contributed by atoms with Crippen molar-refractivity contribution in [1.29, 1.82) is 0 Å². The van der Waals surface area contributed by atoms with Crippen molar-refractivity contribution in [3.05, 3.63) is 54.6 Å². The van der Waals surface area contributed by atoms with Crippen molar-refractivity contribution in [2.75, 3.05) is 17.1 Å². The third-order valence-corrected chi connectivity index (χ3v) is 3.77. The monoisotopic (exact) mass is 312 g/mol. The molecule has 0 spiro atoms. The van der Waals surface area contributed by atoms with Gasteiger partial charge in [0.05, 0.1) is 24.9 Å². The number of hydrogen-bond donors (Lipinski definition) is 1. The molecule has 1 atom stereocenters. The van der Waals surface area contributed by atoms with Crippen LogP contribution in [0.25, 0.3) is 0 Å². The fourth-order valence-corrected chi connectivity index (χ4v) is 2.57. The number of carbonyl (C=O) groups excluding carboxylic acids is 2. The molecule has 1 aliphatic rings. The molecule has 1 saturated heterocycles. The van der Waals surface area contributed by atoms with Crippen molar-refractivity contribution in [3.63, 3.8) is 0 Å². The van der Waals surface area contributed by atoms with E-state index < -0.39 is 11.9 Å². The molecular weight excluding hydrogens is 296 g/mol. The van der Waals surface area contributed by atoms with Crippen LogP contribution in [0.1, 0.15) is 6.42 Å². The van der Waals surface area contributed by atoms with Gasteiger partial charge in [0.1, 0.15) is 11.8 Å². The summed E-state index contributed by atoms with van der Waals surface area (Å²) in [7, 11) is 1.54. The maximum absolute atomic E-state index is 12.6. The van der Waals surface area contributed by atoms with Crippen LogP contribution in [0.3, 0.4) is 0 Å². The normalized spacial score (nSPS) is 17.5. The highest BCUT2D eigenvalue weighted by molar-refractivity contribution is 6.23. The Bertz CT molecular complexity index is 715. The molecule has 1 aliphatic heterocycles. The first-order chi connectivity index (χ1) is 11.1. The molecule has 2 aromatic rings. The summed E-state index contributed by atoms with van der Waals surface area (Å²) in [4.78, 5) is 25.9. The summed E-state index contributed by atoms with van der Waals surface area (Å²) in [5.74, 6) is -0.163. The third-order valence-electron chi connectivity index (χ3n) is 3.77. The molecule has 0 saturated carbocycles. The predicted molar refractivity (Wildman–Crippen MR) is 84.6 cm³/mol. The summed E-state index contributed by atoms with van der Waals surface area (Å²) in [6, 6.07) is 14.4. The molecule has 1 N–H and O–H groups in total. The average Bonchev–Trinajstić information content (AvgIpc) is 2.89. The van der Waals surface area contributed by atoms with Gasteiger partial charge in [-0.25, -0.2) is 9.96 Å². The highest BCUT2D eigenvalue weighted by Gasteiger charge is 2.43. The van der Waals surface area contributed by atoms with Crippen molar-refractivity contribution in [3.8, 4) is 5.75 Å². The Kier molecular flexibility index (Phi) is 3.99. The van der Waals surface area contributed by atoms with Crippen LogP contribution in [0.4, 0.5) is 11.4 Å². The standard InChI is InChI=1S/C17H16N2O4/c1-23-14-9-7-12(8-10-14)18-16(20)11-15(17(18)21)19(22)13-5-3-2-4-6-13/h2-10,15,22H,11H2,1H3. The van der Waals surface area contributed by atoms with Gasteiger partial charge >= 0.3 is 0 Å². The molecule has 2 amide bonds. The minimum atomic E-state index is -0.924. The number of methoxy groups -OCH3 is 1. The Hall–Kier alpha value is -2.86. The second kappa shape index (κ2) is 6.10. The zero-order valence-electron chi connectivity index (χ0n) is 12.5. The molecule has 1 heterocycles. The Balaban J connectivity index is 1.84. The number of anilines is 2. The van der Waals surface area contributed by atoms with Gasteiger partial charge < -0.3 is 4.74 Å². The lowest BCUT2D eigenvalue weighted by atomic mass is 10.2. The SMILES string of the molecule is COc1ccc(N2C(=O)CC(N(O)c3ccccc3)C2=O)cc1. The van der Waals surface area contributed by atoms with E-state index in [0.29, 0.717) is 17.1 Å². The lowest BCUT2D eigenvalue weighted by molar-refractivity contribution is -0.121. The summed E-state index contributed by atoms with van der Waals surface area (Å²) in [6.45, 7) is 0. The van der Waals surface area contributed by atoms with Gasteiger partial charge in [-0.1, -0.05) is 18.2 Å². The van der Waals surface area contributed by atoms with Crippen molar-refractivity contribution in [2.24, 2.45) is 0 Å². The maximum Gasteiger partial charge on any atom is 0.259 e. The zero-order chi connectivity index (χ0) is 16.4. The van der Waals surface area contributed by atoms with E-state index in [4.69, 9.17) is 4.74 Å². The summed E-state index contributed by atoms with van der Waals surface area (Å²) in [5.41, 5.74) is 0.931. The molecule has 0 radical (unpaired) electrons. The lowest BCUT2D eigenvalue weighted by Gasteiger charge is -2.22. The van der Waals surface area contributed by atoms with Gasteiger partial charge in [0, 0.05) is 0 Å². The second-order valence-electron chi connectivity index (χ2n) is 5.17. The van der Waals surface area contributed by atoms with E-state index in [1.807, 2.05) is 6.07 Å². The van der Waals surface area contributed by atoms with E-state index in [2.05, 4.69) is 0 Å². The number of imide groups is 1. The van der Waals surface area contributed by atoms with Gasteiger partial charge in [-0.05, 0) is 36.4 Å². The number of rotatable bonds is 4. The number of benzene rings is 2. The summed E-state index contributed by atoms with van der Waals surface area (Å²) >= 11 is 0. The quantitative estimate of drug-likeness (QED) is 0.692. The minimum absolute atomic E-state index is 0.0732. The Morgan fingerprint density at radius 2 is 1.74 bits per heavy atom. The van der Waals surface area contributed by atoms with Crippen molar-refractivity contribution >= 4 is 23.2 Å². The third kappa shape index (κ3) is 2.76. The number of amides is 2. The first-order valence-corrected chi connectivity index (χ1v) is 7.16. The summed E-state index contributed by atoms with van der Waals surface area (Å²) in [6.07, 6.45) is -0.0732. The van der Waals surface area contributed by atoms with Crippen molar-refractivity contribution < 1.29 is 19.5 Å². The Morgan fingerprint density at radius 3 is 2.35 bits per heavy atom. The molecule has 23 heavy (non-hydrogen) atoms. The smallest absolute Gasteiger partial charge is 0.259 e. The van der Waals surface area contributed by atoms with E-state index >= 15 is 0 Å². The fraction of sp³-hybridized carbons (Fsp3) is 0.176. The van der Waals surface area contributed by atoms with E-state index in [1.54, 1.807) is 55.6 Å². The van der Waals surface area contributed by atoms with Gasteiger partial charge in [0.25, 0.3) is 5.91 Å². The van der Waals surface area contributed by atoms with Gasteiger partial charge in [0.2, 0.25) is 5.91 Å². The molecule has 0 aromatic heterocycles. The lowest BCUT2D eigenvalue weighted by Crippen LogP contribution is -2.40. The van der Waals surface area contributed by atoms with Crippen LogP contribution >= 0.6 is 0 Å². The van der Waals surface area contributed by atoms with Crippen LogP contribution < -0.4 is 14.7 Å². The molecular formula is C17H16N2O4. The molecule has 6 heteroatoms. The van der Waals surface area contributed by atoms with Gasteiger partial charge in [-0.2, -0.15) is 0 Å². The number of para-hydroxylation sites is 1. The van der Waals surface area contributed by atoms with E-state index in [9.17, 15) is 14.8 Å². The fourth-order valence-electron chi connectivity index (χ4n) is 2.57. The predicted octanol–water partition coefficient (Wildman–Crippen LogP) is 2.22. The molecule has 0 bridgehead atoms. The molecule has 1 fully saturated rings. The molecule has 2 aromatic carbocycles.